The lowest BCUT2D eigenvalue weighted by atomic mass is 10.2. The number of halogens is 2. The number of aromatic carboxylic acids is 1. The molecule has 2 rings (SSSR count). The van der Waals surface area contributed by atoms with Gasteiger partial charge in [-0.2, -0.15) is 0 Å². The average Bonchev–Trinajstić information content (AvgIpc) is 2.35. The summed E-state index contributed by atoms with van der Waals surface area (Å²) >= 11 is 5.71. The number of anilines is 1. The van der Waals surface area contributed by atoms with E-state index in [2.05, 4.69) is 15.3 Å². The number of aromatic nitrogens is 2. The molecule has 0 atom stereocenters. The van der Waals surface area contributed by atoms with Crippen LogP contribution in [0.1, 0.15) is 16.1 Å². The maximum Gasteiger partial charge on any atom is 0.339 e. The summed E-state index contributed by atoms with van der Waals surface area (Å²) in [5, 5.41) is 12.1. The highest BCUT2D eigenvalue weighted by Crippen LogP contribution is 2.18. The molecule has 2 N–H and O–H groups in total. The van der Waals surface area contributed by atoms with Crippen molar-refractivity contribution in [1.82, 2.24) is 9.97 Å². The number of carboxylic acids is 1. The maximum atomic E-state index is 13.1. The van der Waals surface area contributed by atoms with Crippen LogP contribution < -0.4 is 5.32 Å². The first kappa shape index (κ1) is 13.2. The van der Waals surface area contributed by atoms with Gasteiger partial charge in [-0.3, -0.25) is 0 Å². The molecule has 0 bridgehead atoms. The van der Waals surface area contributed by atoms with Crippen LogP contribution in [0.4, 0.5) is 10.1 Å². The largest absolute Gasteiger partial charge is 0.478 e. The number of nitrogens with zero attached hydrogens (tertiary/aromatic N) is 2. The van der Waals surface area contributed by atoms with Crippen LogP contribution in [0.3, 0.4) is 0 Å². The lowest BCUT2D eigenvalue weighted by Crippen LogP contribution is -2.10. The van der Waals surface area contributed by atoms with Crippen LogP contribution in [-0.2, 0) is 6.54 Å². The number of rotatable bonds is 4. The fraction of sp³-hybridized carbons (Fsp3) is 0.0833. The Morgan fingerprint density at radius 3 is 2.89 bits per heavy atom. The highest BCUT2D eigenvalue weighted by atomic mass is 35.5. The molecule has 1 heterocycles. The Hall–Kier alpha value is -2.21. The highest BCUT2D eigenvalue weighted by Gasteiger charge is 2.11. The molecule has 5 nitrogen and oxygen atoms in total. The second-order valence-electron chi connectivity index (χ2n) is 3.70. The van der Waals surface area contributed by atoms with Crippen molar-refractivity contribution < 1.29 is 14.3 Å². The summed E-state index contributed by atoms with van der Waals surface area (Å²) in [5.41, 5.74) is 0.750. The Morgan fingerprint density at radius 2 is 2.21 bits per heavy atom. The summed E-state index contributed by atoms with van der Waals surface area (Å²) in [5.74, 6) is -1.59. The first-order valence-corrected chi connectivity index (χ1v) is 5.66. The van der Waals surface area contributed by atoms with E-state index in [-0.39, 0.29) is 17.1 Å². The van der Waals surface area contributed by atoms with Crippen molar-refractivity contribution in [2.45, 2.75) is 6.54 Å². The van der Waals surface area contributed by atoms with E-state index in [1.807, 2.05) is 0 Å². The fourth-order valence-corrected chi connectivity index (χ4v) is 1.74. The number of hydrogen-bond donors (Lipinski definition) is 2. The maximum absolute atomic E-state index is 13.1. The molecule has 0 radical (unpaired) electrons. The molecular weight excluding hydrogens is 273 g/mol. The van der Waals surface area contributed by atoms with Gasteiger partial charge in [0.15, 0.2) is 0 Å². The molecule has 2 aromatic rings. The predicted molar refractivity (Wildman–Crippen MR) is 67.7 cm³/mol. The van der Waals surface area contributed by atoms with Crippen molar-refractivity contribution in [2.24, 2.45) is 0 Å². The zero-order valence-corrected chi connectivity index (χ0v) is 10.4. The van der Waals surface area contributed by atoms with Gasteiger partial charge in [-0.1, -0.05) is 11.6 Å². The Bertz CT molecular complexity index is 601. The van der Waals surface area contributed by atoms with Crippen LogP contribution in [0.2, 0.25) is 5.02 Å². The quantitative estimate of drug-likeness (QED) is 0.901. The summed E-state index contributed by atoms with van der Waals surface area (Å²) < 4.78 is 13.1. The minimum absolute atomic E-state index is 0.00231. The zero-order chi connectivity index (χ0) is 13.8. The topological polar surface area (TPSA) is 75.1 Å². The number of carbonyl (C=O) groups is 1. The number of carboxylic acid groups (broad SMARTS) is 1. The van der Waals surface area contributed by atoms with Crippen molar-refractivity contribution in [3.63, 3.8) is 0 Å². The van der Waals surface area contributed by atoms with Crippen LogP contribution in [0.5, 0.6) is 0 Å². The van der Waals surface area contributed by atoms with Crippen molar-refractivity contribution >= 4 is 23.3 Å². The summed E-state index contributed by atoms with van der Waals surface area (Å²) in [4.78, 5) is 18.5. The molecule has 0 spiro atoms. The van der Waals surface area contributed by atoms with E-state index in [0.717, 1.165) is 0 Å². The van der Waals surface area contributed by atoms with Crippen LogP contribution in [0, 0.1) is 5.82 Å². The molecule has 1 aromatic heterocycles. The Balaban J connectivity index is 2.16. The van der Waals surface area contributed by atoms with Gasteiger partial charge in [-0.15, -0.1) is 0 Å². The van der Waals surface area contributed by atoms with Crippen molar-refractivity contribution in [3.05, 3.63) is 52.8 Å². The van der Waals surface area contributed by atoms with Gasteiger partial charge in [0.05, 0.1) is 12.2 Å². The minimum atomic E-state index is -1.12. The molecule has 0 aliphatic heterocycles. The van der Waals surface area contributed by atoms with E-state index in [9.17, 15) is 9.18 Å². The molecule has 0 aliphatic rings. The van der Waals surface area contributed by atoms with Gasteiger partial charge in [0.2, 0.25) is 0 Å². The molecule has 1 aromatic carbocycles. The van der Waals surface area contributed by atoms with E-state index in [1.54, 1.807) is 0 Å². The van der Waals surface area contributed by atoms with Gasteiger partial charge in [-0.25, -0.2) is 19.2 Å². The second-order valence-corrected chi connectivity index (χ2v) is 4.14. The van der Waals surface area contributed by atoms with Crippen molar-refractivity contribution in [3.8, 4) is 0 Å². The number of benzene rings is 1. The van der Waals surface area contributed by atoms with Crippen LogP contribution in [-0.4, -0.2) is 21.0 Å². The van der Waals surface area contributed by atoms with Gasteiger partial charge in [0, 0.05) is 16.9 Å². The van der Waals surface area contributed by atoms with Crippen molar-refractivity contribution in [1.29, 1.82) is 0 Å². The molecule has 0 unspecified atom stereocenters. The van der Waals surface area contributed by atoms with E-state index >= 15 is 0 Å². The van der Waals surface area contributed by atoms with Crippen LogP contribution >= 0.6 is 11.6 Å². The Morgan fingerprint density at radius 1 is 1.42 bits per heavy atom. The molecular formula is C12H9ClFN3O2. The van der Waals surface area contributed by atoms with Crippen molar-refractivity contribution in [2.75, 3.05) is 5.32 Å². The minimum Gasteiger partial charge on any atom is -0.478 e. The molecule has 0 saturated carbocycles. The van der Waals surface area contributed by atoms with Crippen LogP contribution in [0.25, 0.3) is 0 Å². The molecule has 0 amide bonds. The summed E-state index contributed by atoms with van der Waals surface area (Å²) in [6, 6.07) is 3.97. The summed E-state index contributed by atoms with van der Waals surface area (Å²) in [6.07, 6.45) is 2.47. The van der Waals surface area contributed by atoms with Gasteiger partial charge in [0.25, 0.3) is 0 Å². The SMILES string of the molecule is O=C(O)c1cncnc1CNc1cc(F)cc(Cl)c1. The van der Waals surface area contributed by atoms with Crippen LogP contribution in [0.15, 0.2) is 30.7 Å². The van der Waals surface area contributed by atoms with E-state index < -0.39 is 11.8 Å². The van der Waals surface area contributed by atoms with Gasteiger partial charge in [-0.05, 0) is 18.2 Å². The standard InChI is InChI=1S/C12H9ClFN3O2/c13-7-1-8(14)3-9(2-7)16-5-11-10(12(18)19)4-15-6-17-11/h1-4,6,16H,5H2,(H,18,19). The summed E-state index contributed by atoms with van der Waals surface area (Å²) in [6.45, 7) is 0.129. The third-order valence-electron chi connectivity index (χ3n) is 2.35. The first-order chi connectivity index (χ1) is 9.06. The molecule has 0 fully saturated rings. The van der Waals surface area contributed by atoms with E-state index in [1.165, 1.54) is 30.7 Å². The number of nitrogens with one attached hydrogen (secondary N) is 1. The molecule has 7 heteroatoms. The normalized spacial score (nSPS) is 10.2. The molecule has 98 valence electrons. The fourth-order valence-electron chi connectivity index (χ4n) is 1.52. The number of hydrogen-bond acceptors (Lipinski definition) is 4. The second kappa shape index (κ2) is 5.62. The Kier molecular flexibility index (Phi) is 3.91. The Labute approximate surface area is 113 Å². The van der Waals surface area contributed by atoms with E-state index in [0.29, 0.717) is 11.4 Å². The third-order valence-corrected chi connectivity index (χ3v) is 2.57. The average molecular weight is 282 g/mol. The lowest BCUT2D eigenvalue weighted by Gasteiger charge is -2.08. The molecule has 0 saturated heterocycles. The predicted octanol–water partition coefficient (Wildman–Crippen LogP) is 2.58. The van der Waals surface area contributed by atoms with Gasteiger partial charge < -0.3 is 10.4 Å². The molecule has 19 heavy (non-hydrogen) atoms. The monoisotopic (exact) mass is 281 g/mol. The third kappa shape index (κ3) is 3.38. The first-order valence-electron chi connectivity index (χ1n) is 5.28. The van der Waals surface area contributed by atoms with Gasteiger partial charge in [0.1, 0.15) is 17.7 Å². The zero-order valence-electron chi connectivity index (χ0n) is 9.60. The molecule has 0 aliphatic carbocycles. The lowest BCUT2D eigenvalue weighted by molar-refractivity contribution is 0.0694. The smallest absolute Gasteiger partial charge is 0.339 e. The van der Waals surface area contributed by atoms with Gasteiger partial charge >= 0.3 is 5.97 Å². The van der Waals surface area contributed by atoms with E-state index in [4.69, 9.17) is 16.7 Å². The highest BCUT2D eigenvalue weighted by molar-refractivity contribution is 6.30. The summed E-state index contributed by atoms with van der Waals surface area (Å²) in [7, 11) is 0.